The molecule has 5 heteroatoms. The number of benzene rings is 3. The maximum absolute atomic E-state index is 13.1. The summed E-state index contributed by atoms with van der Waals surface area (Å²) < 4.78 is 13.1. The van der Waals surface area contributed by atoms with Crippen molar-refractivity contribution in [2.24, 2.45) is 0 Å². The molecule has 0 aromatic heterocycles. The number of likely N-dealkylation sites (N-methyl/N-ethyl adjacent to an activating group) is 1. The second-order valence-corrected chi connectivity index (χ2v) is 8.07. The van der Waals surface area contributed by atoms with Gasteiger partial charge < -0.3 is 20.2 Å². The molecule has 0 amide bonds. The van der Waals surface area contributed by atoms with Gasteiger partial charge in [-0.2, -0.15) is 0 Å². The van der Waals surface area contributed by atoms with Crippen LogP contribution in [0.1, 0.15) is 18.2 Å². The molecule has 1 fully saturated rings. The Morgan fingerprint density at radius 1 is 0.933 bits per heavy atom. The molecule has 2 unspecified atom stereocenters. The fourth-order valence-electron chi connectivity index (χ4n) is 3.91. The second-order valence-electron chi connectivity index (χ2n) is 8.07. The van der Waals surface area contributed by atoms with Crippen molar-refractivity contribution in [3.8, 4) is 11.1 Å². The molecule has 156 valence electrons. The number of hydrogen-bond acceptors (Lipinski definition) is 4. The van der Waals surface area contributed by atoms with Gasteiger partial charge in [-0.25, -0.2) is 4.39 Å². The number of nitrogens with one attached hydrogen (secondary N) is 1. The van der Waals surface area contributed by atoms with Crippen LogP contribution in [0.2, 0.25) is 0 Å². The first-order valence-electron chi connectivity index (χ1n) is 10.3. The van der Waals surface area contributed by atoms with Crippen LogP contribution in [0, 0.1) is 5.82 Å². The highest BCUT2D eigenvalue weighted by atomic mass is 19.1. The zero-order chi connectivity index (χ0) is 21.1. The summed E-state index contributed by atoms with van der Waals surface area (Å²) in [6.07, 6.45) is 0.377. The molecule has 0 spiro atoms. The van der Waals surface area contributed by atoms with Crippen LogP contribution >= 0.6 is 0 Å². The van der Waals surface area contributed by atoms with Crippen LogP contribution in [0.5, 0.6) is 0 Å². The van der Waals surface area contributed by atoms with Gasteiger partial charge in [0.25, 0.3) is 0 Å². The molecule has 1 aliphatic heterocycles. The Morgan fingerprint density at radius 2 is 1.53 bits per heavy atom. The van der Waals surface area contributed by atoms with Crippen molar-refractivity contribution in [1.82, 2.24) is 4.90 Å². The molecular formula is C25H28FN3O. The van der Waals surface area contributed by atoms with E-state index in [1.54, 1.807) is 12.1 Å². The Morgan fingerprint density at radius 3 is 2.10 bits per heavy atom. The zero-order valence-corrected chi connectivity index (χ0v) is 17.4. The molecule has 1 saturated heterocycles. The third-order valence-corrected chi connectivity index (χ3v) is 5.83. The monoisotopic (exact) mass is 405 g/mol. The van der Waals surface area contributed by atoms with Gasteiger partial charge in [0.2, 0.25) is 0 Å². The summed E-state index contributed by atoms with van der Waals surface area (Å²) in [5, 5.41) is 13.7. The van der Waals surface area contributed by atoms with Gasteiger partial charge in [0.15, 0.2) is 6.23 Å². The van der Waals surface area contributed by atoms with Gasteiger partial charge in [-0.05, 0) is 68.0 Å². The largest absolute Gasteiger partial charge is 0.370 e. The predicted octanol–water partition coefficient (Wildman–Crippen LogP) is 4.74. The van der Waals surface area contributed by atoms with Crippen molar-refractivity contribution in [2.75, 3.05) is 37.4 Å². The van der Waals surface area contributed by atoms with Crippen LogP contribution in [0.25, 0.3) is 11.1 Å². The summed E-state index contributed by atoms with van der Waals surface area (Å²) in [6.45, 7) is 2.11. The van der Waals surface area contributed by atoms with Crippen molar-refractivity contribution in [2.45, 2.75) is 18.7 Å². The quantitative estimate of drug-likeness (QED) is 0.581. The predicted molar refractivity (Wildman–Crippen MR) is 121 cm³/mol. The molecule has 2 N–H and O–H groups in total. The van der Waals surface area contributed by atoms with E-state index in [0.717, 1.165) is 35.5 Å². The molecular weight excluding hydrogens is 377 g/mol. The molecule has 0 aliphatic carbocycles. The highest BCUT2D eigenvalue weighted by Crippen LogP contribution is 2.26. The van der Waals surface area contributed by atoms with E-state index in [2.05, 4.69) is 41.3 Å². The molecule has 4 nitrogen and oxygen atoms in total. The van der Waals surface area contributed by atoms with E-state index in [-0.39, 0.29) is 5.82 Å². The Kier molecular flexibility index (Phi) is 6.02. The fraction of sp³-hybridized carbons (Fsp3) is 0.280. The first-order chi connectivity index (χ1) is 14.5. The molecule has 4 rings (SSSR count). The minimum atomic E-state index is -0.803. The van der Waals surface area contributed by atoms with Gasteiger partial charge in [0.05, 0.1) is 0 Å². The standard InChI is InChI=1S/C25H28FN3O/c1-28(2)24-15-16-29(17-24)23-13-11-22(12-14-23)27-25(30)20-5-3-18(4-6-20)19-7-9-21(26)10-8-19/h3-14,24-25,27,30H,15-17H2,1-2H3. The van der Waals surface area contributed by atoms with E-state index >= 15 is 0 Å². The lowest BCUT2D eigenvalue weighted by Gasteiger charge is -2.22. The molecule has 0 radical (unpaired) electrons. The summed E-state index contributed by atoms with van der Waals surface area (Å²) in [4.78, 5) is 4.69. The molecule has 0 bridgehead atoms. The van der Waals surface area contributed by atoms with Crippen molar-refractivity contribution < 1.29 is 9.50 Å². The molecule has 30 heavy (non-hydrogen) atoms. The van der Waals surface area contributed by atoms with Gasteiger partial charge in [0.1, 0.15) is 5.82 Å². The molecule has 2 atom stereocenters. The molecule has 3 aromatic rings. The molecule has 0 saturated carbocycles. The van der Waals surface area contributed by atoms with Gasteiger partial charge in [-0.3, -0.25) is 0 Å². The smallest absolute Gasteiger partial charge is 0.150 e. The SMILES string of the molecule is CN(C)C1CCN(c2ccc(NC(O)c3ccc(-c4ccc(F)cc4)cc3)cc2)C1. The molecule has 3 aromatic carbocycles. The van der Waals surface area contributed by atoms with Gasteiger partial charge in [0, 0.05) is 36.1 Å². The minimum Gasteiger partial charge on any atom is -0.370 e. The first-order valence-corrected chi connectivity index (χ1v) is 10.3. The van der Waals surface area contributed by atoms with Crippen molar-refractivity contribution in [3.63, 3.8) is 0 Å². The van der Waals surface area contributed by atoms with Crippen molar-refractivity contribution in [3.05, 3.63) is 84.2 Å². The van der Waals surface area contributed by atoms with E-state index in [0.29, 0.717) is 6.04 Å². The Bertz CT molecular complexity index is 955. The topological polar surface area (TPSA) is 38.7 Å². The maximum Gasteiger partial charge on any atom is 0.150 e. The summed E-state index contributed by atoms with van der Waals surface area (Å²) in [5.74, 6) is -0.247. The van der Waals surface area contributed by atoms with Crippen LogP contribution in [0.15, 0.2) is 72.8 Å². The number of anilines is 2. The lowest BCUT2D eigenvalue weighted by atomic mass is 10.0. The highest BCUT2D eigenvalue weighted by Gasteiger charge is 2.24. The highest BCUT2D eigenvalue weighted by molar-refractivity contribution is 5.64. The third kappa shape index (κ3) is 4.64. The van der Waals surface area contributed by atoms with Crippen LogP contribution in [-0.4, -0.2) is 43.2 Å². The summed E-state index contributed by atoms with van der Waals surface area (Å²) in [5.41, 5.74) is 4.79. The van der Waals surface area contributed by atoms with Crippen molar-refractivity contribution >= 4 is 11.4 Å². The lowest BCUT2D eigenvalue weighted by molar-refractivity contribution is 0.208. The van der Waals surface area contributed by atoms with E-state index in [1.165, 1.54) is 24.2 Å². The minimum absolute atomic E-state index is 0.247. The van der Waals surface area contributed by atoms with Gasteiger partial charge >= 0.3 is 0 Å². The van der Waals surface area contributed by atoms with E-state index < -0.39 is 6.23 Å². The lowest BCUT2D eigenvalue weighted by Crippen LogP contribution is -2.31. The van der Waals surface area contributed by atoms with Crippen LogP contribution < -0.4 is 10.2 Å². The Hall–Kier alpha value is -2.89. The Balaban J connectivity index is 1.38. The zero-order valence-electron chi connectivity index (χ0n) is 17.4. The Labute approximate surface area is 177 Å². The number of halogens is 1. The first kappa shape index (κ1) is 20.4. The third-order valence-electron chi connectivity index (χ3n) is 5.83. The van der Waals surface area contributed by atoms with Crippen molar-refractivity contribution in [1.29, 1.82) is 0 Å². The van der Waals surface area contributed by atoms with E-state index in [9.17, 15) is 9.50 Å². The second kappa shape index (κ2) is 8.86. The van der Waals surface area contributed by atoms with Crippen LogP contribution in [-0.2, 0) is 0 Å². The van der Waals surface area contributed by atoms with Crippen LogP contribution in [0.3, 0.4) is 0 Å². The average Bonchev–Trinajstić information content (AvgIpc) is 3.26. The van der Waals surface area contributed by atoms with E-state index in [4.69, 9.17) is 0 Å². The number of aliphatic hydroxyl groups excluding tert-OH is 1. The maximum atomic E-state index is 13.1. The van der Waals surface area contributed by atoms with Gasteiger partial charge in [-0.1, -0.05) is 36.4 Å². The fourth-order valence-corrected chi connectivity index (χ4v) is 3.91. The van der Waals surface area contributed by atoms with E-state index in [1.807, 2.05) is 36.4 Å². The number of nitrogens with zero attached hydrogens (tertiary/aromatic N) is 2. The average molecular weight is 406 g/mol. The summed E-state index contributed by atoms with van der Waals surface area (Å²) >= 11 is 0. The molecule has 1 heterocycles. The summed E-state index contributed by atoms with van der Waals surface area (Å²) in [7, 11) is 4.27. The summed E-state index contributed by atoms with van der Waals surface area (Å²) in [6, 6.07) is 22.9. The van der Waals surface area contributed by atoms with Gasteiger partial charge in [-0.15, -0.1) is 0 Å². The number of rotatable bonds is 6. The number of aliphatic hydroxyl groups is 1. The number of hydrogen-bond donors (Lipinski definition) is 2. The molecule has 1 aliphatic rings. The van der Waals surface area contributed by atoms with Crippen LogP contribution in [0.4, 0.5) is 15.8 Å². The normalized spacial score (nSPS) is 17.4.